The number of nitrogens with one attached hydrogen (secondary N) is 1. The molecule has 0 bridgehead atoms. The zero-order chi connectivity index (χ0) is 40.1. The Balaban J connectivity index is 0.783. The van der Waals surface area contributed by atoms with Crippen LogP contribution in [-0.2, 0) is 16.1 Å². The number of halogens is 1. The van der Waals surface area contributed by atoms with E-state index in [-0.39, 0.29) is 58.9 Å². The van der Waals surface area contributed by atoms with Crippen molar-refractivity contribution in [2.45, 2.75) is 71.3 Å². The summed E-state index contributed by atoms with van der Waals surface area (Å²) in [5.41, 5.74) is 2.46. The summed E-state index contributed by atoms with van der Waals surface area (Å²) in [6.45, 7) is 12.2. The second-order valence-electron chi connectivity index (χ2n) is 17.1. The molecule has 3 saturated heterocycles. The maximum atomic E-state index is 13.8. The van der Waals surface area contributed by atoms with Crippen molar-refractivity contribution < 1.29 is 28.7 Å². The van der Waals surface area contributed by atoms with Crippen LogP contribution in [-0.4, -0.2) is 99.6 Å². The Labute approximate surface area is 334 Å². The lowest BCUT2D eigenvalue weighted by Crippen LogP contribution is -2.74. The molecule has 1 unspecified atom stereocenters. The quantitative estimate of drug-likeness (QED) is 0.286. The number of rotatable bonds is 6. The fraction of sp³-hybridized carbons (Fsp3) is 0.419. The SMILES string of the molecule is CC1(C)[C@H](Oc2ccc(C#N)c(Cl)c2)C(C)(C)[C@H]1N1Cc2cc(C#CC3CN(C4CN(c5ccc6c(n5)C(=O)N(C5CCC(=O)NC5=O)C6=O)C4)C3)ccc2C1=O. The molecule has 6 aliphatic rings. The van der Waals surface area contributed by atoms with Gasteiger partial charge in [-0.3, -0.25) is 39.1 Å². The minimum Gasteiger partial charge on any atom is -0.489 e. The Bertz CT molecular complexity index is 2400. The Morgan fingerprint density at radius 2 is 1.63 bits per heavy atom. The third-order valence-electron chi connectivity index (χ3n) is 12.6. The third kappa shape index (κ3) is 5.86. The van der Waals surface area contributed by atoms with Crippen molar-refractivity contribution in [3.05, 3.63) is 87.1 Å². The van der Waals surface area contributed by atoms with Gasteiger partial charge >= 0.3 is 0 Å². The Morgan fingerprint density at radius 3 is 2.33 bits per heavy atom. The molecule has 1 aliphatic carbocycles. The van der Waals surface area contributed by atoms with Gasteiger partial charge in [0.25, 0.3) is 17.7 Å². The number of imide groups is 2. The van der Waals surface area contributed by atoms with Gasteiger partial charge in [0.05, 0.1) is 16.1 Å². The van der Waals surface area contributed by atoms with E-state index < -0.39 is 29.7 Å². The molecule has 13 nitrogen and oxygen atoms in total. The van der Waals surface area contributed by atoms with Crippen LogP contribution in [0.2, 0.25) is 5.02 Å². The number of carbonyl (C=O) groups excluding carboxylic acids is 5. The molecule has 1 N–H and O–H groups in total. The van der Waals surface area contributed by atoms with Crippen molar-refractivity contribution in [2.75, 3.05) is 31.1 Å². The van der Waals surface area contributed by atoms with Gasteiger partial charge in [-0.25, -0.2) is 4.98 Å². The number of benzene rings is 2. The largest absolute Gasteiger partial charge is 0.489 e. The summed E-state index contributed by atoms with van der Waals surface area (Å²) in [4.78, 5) is 75.9. The van der Waals surface area contributed by atoms with Gasteiger partial charge in [-0.15, -0.1) is 0 Å². The number of pyridine rings is 1. The second kappa shape index (κ2) is 13.2. The molecule has 57 heavy (non-hydrogen) atoms. The summed E-state index contributed by atoms with van der Waals surface area (Å²) in [5, 5.41) is 11.8. The van der Waals surface area contributed by atoms with Crippen LogP contribution in [0.4, 0.5) is 5.82 Å². The molecule has 0 radical (unpaired) electrons. The zero-order valence-electron chi connectivity index (χ0n) is 32.0. The molecule has 14 heteroatoms. The summed E-state index contributed by atoms with van der Waals surface area (Å²) < 4.78 is 6.46. The number of nitrogens with zero attached hydrogens (tertiary/aromatic N) is 6. The highest BCUT2D eigenvalue weighted by molar-refractivity contribution is 6.31. The summed E-state index contributed by atoms with van der Waals surface area (Å²) in [6.07, 6.45) is -0.0244. The Hall–Kier alpha value is -5.76. The standard InChI is InChI=1S/C43H40ClN7O6/c1-42(2)40(43(3,4)41(42)57-28-9-8-25(17-45)31(44)16-28)50-20-26-15-23(7-10-29(26)37(50)54)5-6-24-18-48(19-24)27-21-49(22-27)33-13-11-30-35(46-33)39(56)51(38(30)55)32-12-14-34(52)47-36(32)53/h7-11,13,15-16,24,27,32,40-41H,12,14,18-22H2,1-4H3,(H,47,52,53)/t32?,40-,41-. The number of nitriles is 1. The molecular weight excluding hydrogens is 746 g/mol. The van der Waals surface area contributed by atoms with E-state index in [1.54, 1.807) is 30.3 Å². The van der Waals surface area contributed by atoms with E-state index >= 15 is 0 Å². The molecule has 1 aromatic heterocycles. The Kier molecular flexibility index (Phi) is 8.50. The highest BCUT2D eigenvalue weighted by Crippen LogP contribution is 2.59. The fourth-order valence-electron chi connectivity index (χ4n) is 10.1. The first-order valence-electron chi connectivity index (χ1n) is 19.2. The molecule has 5 amide bonds. The maximum absolute atomic E-state index is 13.8. The van der Waals surface area contributed by atoms with E-state index in [9.17, 15) is 29.2 Å². The van der Waals surface area contributed by atoms with Crippen molar-refractivity contribution in [3.63, 3.8) is 0 Å². The van der Waals surface area contributed by atoms with Gasteiger partial charge in [0, 0.05) is 85.2 Å². The summed E-state index contributed by atoms with van der Waals surface area (Å²) >= 11 is 6.28. The molecule has 1 atom stereocenters. The molecule has 3 aromatic rings. The average Bonchev–Trinajstić information content (AvgIpc) is 3.57. The first-order chi connectivity index (χ1) is 27.1. The molecule has 290 valence electrons. The lowest BCUT2D eigenvalue weighted by atomic mass is 9.49. The van der Waals surface area contributed by atoms with Crippen LogP contribution in [0.3, 0.4) is 0 Å². The van der Waals surface area contributed by atoms with Gasteiger partial charge in [-0.2, -0.15) is 5.26 Å². The van der Waals surface area contributed by atoms with Crippen molar-refractivity contribution >= 4 is 47.0 Å². The zero-order valence-corrected chi connectivity index (χ0v) is 32.7. The summed E-state index contributed by atoms with van der Waals surface area (Å²) in [6, 6.07) is 15.6. The molecule has 2 aromatic carbocycles. The number of aromatic nitrogens is 1. The predicted molar refractivity (Wildman–Crippen MR) is 207 cm³/mol. The van der Waals surface area contributed by atoms with E-state index in [2.05, 4.69) is 65.7 Å². The summed E-state index contributed by atoms with van der Waals surface area (Å²) in [7, 11) is 0. The molecule has 1 saturated carbocycles. The van der Waals surface area contributed by atoms with Crippen LogP contribution in [0.15, 0.2) is 48.5 Å². The summed E-state index contributed by atoms with van der Waals surface area (Å²) in [5.74, 6) is 5.99. The smallest absolute Gasteiger partial charge is 0.281 e. The highest BCUT2D eigenvalue weighted by atomic mass is 35.5. The van der Waals surface area contributed by atoms with Gasteiger partial charge in [-0.1, -0.05) is 51.1 Å². The number of piperidine rings is 1. The van der Waals surface area contributed by atoms with E-state index in [1.165, 1.54) is 0 Å². The maximum Gasteiger partial charge on any atom is 0.281 e. The molecular formula is C43H40ClN7O6. The van der Waals surface area contributed by atoms with Gasteiger partial charge in [-0.05, 0) is 54.4 Å². The molecule has 0 spiro atoms. The van der Waals surface area contributed by atoms with Gasteiger partial charge in [0.15, 0.2) is 0 Å². The van der Waals surface area contributed by atoms with E-state index in [0.717, 1.165) is 42.2 Å². The van der Waals surface area contributed by atoms with Crippen LogP contribution < -0.4 is 15.0 Å². The number of fused-ring (bicyclic) bond motifs is 2. The second-order valence-corrected chi connectivity index (χ2v) is 17.5. The monoisotopic (exact) mass is 785 g/mol. The minimum atomic E-state index is -1.02. The lowest BCUT2D eigenvalue weighted by molar-refractivity contribution is -0.199. The van der Waals surface area contributed by atoms with E-state index in [4.69, 9.17) is 16.3 Å². The Morgan fingerprint density at radius 1 is 0.895 bits per heavy atom. The topological polar surface area (TPSA) is 156 Å². The van der Waals surface area contributed by atoms with E-state index in [1.807, 2.05) is 23.1 Å². The van der Waals surface area contributed by atoms with Crippen molar-refractivity contribution in [3.8, 4) is 23.7 Å². The number of anilines is 1. The number of amides is 5. The normalized spacial score (nSPS) is 25.1. The lowest BCUT2D eigenvalue weighted by Gasteiger charge is -2.65. The van der Waals surface area contributed by atoms with Crippen LogP contribution in [0, 0.1) is 39.9 Å². The van der Waals surface area contributed by atoms with E-state index in [0.29, 0.717) is 40.3 Å². The average molecular weight is 786 g/mol. The number of ether oxygens (including phenoxy) is 1. The van der Waals surface area contributed by atoms with Crippen LogP contribution in [0.5, 0.6) is 5.75 Å². The number of hydrogen-bond donors (Lipinski definition) is 1. The first kappa shape index (κ1) is 36.9. The molecule has 5 aliphatic heterocycles. The number of carbonyl (C=O) groups is 5. The van der Waals surface area contributed by atoms with Gasteiger partial charge < -0.3 is 14.5 Å². The van der Waals surface area contributed by atoms with Gasteiger partial charge in [0.2, 0.25) is 11.8 Å². The van der Waals surface area contributed by atoms with Crippen LogP contribution in [0.1, 0.15) is 88.4 Å². The fourth-order valence-corrected chi connectivity index (χ4v) is 10.3. The molecule has 4 fully saturated rings. The highest BCUT2D eigenvalue weighted by Gasteiger charge is 2.67. The third-order valence-corrected chi connectivity index (χ3v) is 12.9. The van der Waals surface area contributed by atoms with Gasteiger partial charge in [0.1, 0.15) is 35.5 Å². The van der Waals surface area contributed by atoms with Crippen LogP contribution in [0.25, 0.3) is 0 Å². The molecule has 6 heterocycles. The van der Waals surface area contributed by atoms with Crippen molar-refractivity contribution in [1.82, 2.24) is 25.0 Å². The van der Waals surface area contributed by atoms with Crippen LogP contribution >= 0.6 is 11.6 Å². The van der Waals surface area contributed by atoms with Crippen molar-refractivity contribution in [2.24, 2.45) is 16.7 Å². The number of likely N-dealkylation sites (tertiary alicyclic amines) is 1. The number of hydrogen-bond acceptors (Lipinski definition) is 10. The minimum absolute atomic E-state index is 0.0177. The predicted octanol–water partition coefficient (Wildman–Crippen LogP) is 4.02. The first-order valence-corrected chi connectivity index (χ1v) is 19.6. The molecule has 9 rings (SSSR count). The van der Waals surface area contributed by atoms with Crippen molar-refractivity contribution in [1.29, 1.82) is 5.26 Å².